The second-order valence-corrected chi connectivity index (χ2v) is 4.56. The van der Waals surface area contributed by atoms with Gasteiger partial charge in [0.2, 0.25) is 0 Å². The molecule has 0 saturated carbocycles. The Hall–Kier alpha value is -2.87. The van der Waals surface area contributed by atoms with E-state index in [-0.39, 0.29) is 5.91 Å². The van der Waals surface area contributed by atoms with E-state index in [2.05, 4.69) is 4.98 Å². The summed E-state index contributed by atoms with van der Waals surface area (Å²) in [5.74, 6) is -0.223. The monoisotopic (exact) mass is 280 g/mol. The van der Waals surface area contributed by atoms with Crippen LogP contribution in [0.4, 0.5) is 11.4 Å². The molecule has 21 heavy (non-hydrogen) atoms. The van der Waals surface area contributed by atoms with Crippen molar-refractivity contribution in [2.45, 2.75) is 13.3 Å². The second-order valence-electron chi connectivity index (χ2n) is 4.56. The molecule has 0 radical (unpaired) electrons. The Morgan fingerprint density at radius 2 is 2.10 bits per heavy atom. The number of pyridine rings is 1. The predicted molar refractivity (Wildman–Crippen MR) is 81.8 cm³/mol. The standard InChI is InChI=1S/C16H16N4O/c1-2-9-20(15-6-4-3-5-13(15)18)16(21)14-8-7-12(10-17)11-19-14/h3-8,11H,2,9,18H2,1H3. The average molecular weight is 280 g/mol. The van der Waals surface area contributed by atoms with Gasteiger partial charge in [0, 0.05) is 12.7 Å². The zero-order chi connectivity index (χ0) is 15.2. The summed E-state index contributed by atoms with van der Waals surface area (Å²) in [7, 11) is 0. The molecule has 1 heterocycles. The summed E-state index contributed by atoms with van der Waals surface area (Å²) in [5.41, 5.74) is 7.90. The van der Waals surface area contributed by atoms with Gasteiger partial charge in [-0.2, -0.15) is 5.26 Å². The van der Waals surface area contributed by atoms with Gasteiger partial charge in [0.05, 0.1) is 16.9 Å². The summed E-state index contributed by atoms with van der Waals surface area (Å²) in [6.07, 6.45) is 2.20. The molecule has 106 valence electrons. The lowest BCUT2D eigenvalue weighted by Crippen LogP contribution is -2.32. The van der Waals surface area contributed by atoms with Gasteiger partial charge in [0.25, 0.3) is 5.91 Å². The van der Waals surface area contributed by atoms with E-state index in [0.717, 1.165) is 6.42 Å². The first kappa shape index (κ1) is 14.5. The van der Waals surface area contributed by atoms with Crippen LogP contribution in [0.3, 0.4) is 0 Å². The van der Waals surface area contributed by atoms with E-state index in [4.69, 9.17) is 11.0 Å². The predicted octanol–water partition coefficient (Wildman–Crippen LogP) is 2.59. The van der Waals surface area contributed by atoms with Crippen LogP contribution in [0.1, 0.15) is 29.4 Å². The summed E-state index contributed by atoms with van der Waals surface area (Å²) >= 11 is 0. The highest BCUT2D eigenvalue weighted by Crippen LogP contribution is 2.24. The lowest BCUT2D eigenvalue weighted by atomic mass is 10.2. The zero-order valence-electron chi connectivity index (χ0n) is 11.8. The van der Waals surface area contributed by atoms with Crippen molar-refractivity contribution >= 4 is 17.3 Å². The highest BCUT2D eigenvalue weighted by atomic mass is 16.2. The zero-order valence-corrected chi connectivity index (χ0v) is 11.8. The summed E-state index contributed by atoms with van der Waals surface area (Å²) in [6, 6.07) is 12.4. The molecule has 2 rings (SSSR count). The average Bonchev–Trinajstić information content (AvgIpc) is 2.53. The van der Waals surface area contributed by atoms with Gasteiger partial charge >= 0.3 is 0 Å². The van der Waals surface area contributed by atoms with Crippen LogP contribution in [-0.2, 0) is 0 Å². The van der Waals surface area contributed by atoms with Crippen molar-refractivity contribution < 1.29 is 4.79 Å². The molecule has 1 aromatic carbocycles. The van der Waals surface area contributed by atoms with Gasteiger partial charge in [0.15, 0.2) is 0 Å². The van der Waals surface area contributed by atoms with Gasteiger partial charge in [-0.25, -0.2) is 4.98 Å². The summed E-state index contributed by atoms with van der Waals surface area (Å²) < 4.78 is 0. The number of nitriles is 1. The van der Waals surface area contributed by atoms with Crippen LogP contribution in [0.15, 0.2) is 42.6 Å². The Labute approximate surface area is 123 Å². The Bertz CT molecular complexity index is 673. The molecule has 5 heteroatoms. The maximum Gasteiger partial charge on any atom is 0.276 e. The molecule has 0 aliphatic heterocycles. The van der Waals surface area contributed by atoms with Crippen molar-refractivity contribution in [2.75, 3.05) is 17.2 Å². The first-order chi connectivity index (χ1) is 10.2. The van der Waals surface area contributed by atoms with E-state index in [1.165, 1.54) is 6.20 Å². The number of nitrogens with two attached hydrogens (primary N) is 1. The Morgan fingerprint density at radius 3 is 2.67 bits per heavy atom. The molecule has 0 fully saturated rings. The van der Waals surface area contributed by atoms with Gasteiger partial charge in [0.1, 0.15) is 11.8 Å². The third kappa shape index (κ3) is 3.18. The molecule has 0 aliphatic carbocycles. The van der Waals surface area contributed by atoms with Crippen molar-refractivity contribution in [1.29, 1.82) is 5.26 Å². The minimum Gasteiger partial charge on any atom is -0.397 e. The minimum absolute atomic E-state index is 0.223. The molecule has 0 aliphatic rings. The Morgan fingerprint density at radius 1 is 1.33 bits per heavy atom. The maximum atomic E-state index is 12.6. The van der Waals surface area contributed by atoms with Crippen molar-refractivity contribution in [1.82, 2.24) is 4.98 Å². The van der Waals surface area contributed by atoms with E-state index in [1.807, 2.05) is 31.2 Å². The Balaban J connectivity index is 2.35. The van der Waals surface area contributed by atoms with Crippen LogP contribution < -0.4 is 10.6 Å². The third-order valence-electron chi connectivity index (χ3n) is 3.03. The number of anilines is 2. The van der Waals surface area contributed by atoms with Gasteiger partial charge in [-0.1, -0.05) is 19.1 Å². The normalized spacial score (nSPS) is 9.90. The number of nitrogens with zero attached hydrogens (tertiary/aromatic N) is 3. The molecule has 0 bridgehead atoms. The summed E-state index contributed by atoms with van der Waals surface area (Å²) in [6.45, 7) is 2.54. The summed E-state index contributed by atoms with van der Waals surface area (Å²) in [4.78, 5) is 18.3. The molecule has 0 unspecified atom stereocenters. The van der Waals surface area contributed by atoms with Crippen LogP contribution in [-0.4, -0.2) is 17.4 Å². The third-order valence-corrected chi connectivity index (χ3v) is 3.03. The largest absolute Gasteiger partial charge is 0.397 e. The quantitative estimate of drug-likeness (QED) is 0.872. The van der Waals surface area contributed by atoms with E-state index >= 15 is 0 Å². The number of nitrogen functional groups attached to an aromatic ring is 1. The molecule has 0 spiro atoms. The van der Waals surface area contributed by atoms with Crippen LogP contribution >= 0.6 is 0 Å². The number of hydrogen-bond donors (Lipinski definition) is 1. The molecular formula is C16H16N4O. The van der Waals surface area contributed by atoms with Crippen molar-refractivity contribution in [3.8, 4) is 6.07 Å². The maximum absolute atomic E-state index is 12.6. The molecule has 5 nitrogen and oxygen atoms in total. The van der Waals surface area contributed by atoms with Crippen molar-refractivity contribution in [3.05, 3.63) is 53.9 Å². The lowest BCUT2D eigenvalue weighted by Gasteiger charge is -2.23. The van der Waals surface area contributed by atoms with Gasteiger partial charge < -0.3 is 10.6 Å². The van der Waals surface area contributed by atoms with Gasteiger partial charge in [-0.3, -0.25) is 4.79 Å². The topological polar surface area (TPSA) is 83.0 Å². The molecule has 0 atom stereocenters. The number of aromatic nitrogens is 1. The summed E-state index contributed by atoms with van der Waals surface area (Å²) in [5, 5.41) is 8.77. The molecule has 2 N–H and O–H groups in total. The van der Waals surface area contributed by atoms with Crippen LogP contribution in [0.5, 0.6) is 0 Å². The number of carbonyl (C=O) groups excluding carboxylic acids is 1. The van der Waals surface area contributed by atoms with E-state index < -0.39 is 0 Å². The smallest absolute Gasteiger partial charge is 0.276 e. The van der Waals surface area contributed by atoms with Crippen LogP contribution in [0.2, 0.25) is 0 Å². The lowest BCUT2D eigenvalue weighted by molar-refractivity contribution is 0.0982. The SMILES string of the molecule is CCCN(C(=O)c1ccc(C#N)cn1)c1ccccc1N. The fraction of sp³-hybridized carbons (Fsp3) is 0.188. The number of benzene rings is 1. The second kappa shape index (κ2) is 6.53. The van der Waals surface area contributed by atoms with E-state index in [0.29, 0.717) is 29.2 Å². The molecule has 0 saturated heterocycles. The van der Waals surface area contributed by atoms with Crippen LogP contribution in [0.25, 0.3) is 0 Å². The Kier molecular flexibility index (Phi) is 4.52. The first-order valence-electron chi connectivity index (χ1n) is 6.70. The number of amides is 1. The van der Waals surface area contributed by atoms with E-state index in [1.54, 1.807) is 23.1 Å². The minimum atomic E-state index is -0.223. The molecule has 1 amide bonds. The van der Waals surface area contributed by atoms with Crippen molar-refractivity contribution in [3.63, 3.8) is 0 Å². The fourth-order valence-corrected chi connectivity index (χ4v) is 2.01. The number of rotatable bonds is 4. The fourth-order valence-electron chi connectivity index (χ4n) is 2.01. The molecular weight excluding hydrogens is 264 g/mol. The highest BCUT2D eigenvalue weighted by molar-refractivity contribution is 6.06. The van der Waals surface area contributed by atoms with Gasteiger partial charge in [-0.15, -0.1) is 0 Å². The molecule has 1 aromatic heterocycles. The number of carbonyl (C=O) groups is 1. The number of hydrogen-bond acceptors (Lipinski definition) is 4. The molecule has 2 aromatic rings. The first-order valence-corrected chi connectivity index (χ1v) is 6.70. The van der Waals surface area contributed by atoms with E-state index in [9.17, 15) is 4.79 Å². The van der Waals surface area contributed by atoms with Gasteiger partial charge in [-0.05, 0) is 30.7 Å². The van der Waals surface area contributed by atoms with Crippen LogP contribution in [0, 0.1) is 11.3 Å². The number of para-hydroxylation sites is 2. The van der Waals surface area contributed by atoms with Crippen molar-refractivity contribution in [2.24, 2.45) is 0 Å². The highest BCUT2D eigenvalue weighted by Gasteiger charge is 2.19.